The summed E-state index contributed by atoms with van der Waals surface area (Å²) in [5.41, 5.74) is 0.639. The lowest BCUT2D eigenvalue weighted by atomic mass is 10.1. The first-order valence-corrected chi connectivity index (χ1v) is 6.42. The van der Waals surface area contributed by atoms with Crippen LogP contribution in [0.2, 0.25) is 0 Å². The van der Waals surface area contributed by atoms with Crippen molar-refractivity contribution in [3.05, 3.63) is 29.8 Å². The molecule has 0 aliphatic heterocycles. The third-order valence-electron chi connectivity index (χ3n) is 2.53. The van der Waals surface area contributed by atoms with Gasteiger partial charge in [0.1, 0.15) is 0 Å². The van der Waals surface area contributed by atoms with Crippen LogP contribution in [0, 0.1) is 5.92 Å². The van der Waals surface area contributed by atoms with E-state index in [0.29, 0.717) is 12.0 Å². The highest BCUT2D eigenvalue weighted by Gasteiger charge is 2.38. The van der Waals surface area contributed by atoms with Gasteiger partial charge >= 0.3 is 12.1 Å². The number of nitrogens with one attached hydrogen (secondary N) is 2. The first kappa shape index (κ1) is 17.0. The molecule has 0 atom stereocenters. The Morgan fingerprint density at radius 1 is 1.24 bits per heavy atom. The van der Waals surface area contributed by atoms with Gasteiger partial charge in [-0.2, -0.15) is 13.2 Å². The fourth-order valence-electron chi connectivity index (χ4n) is 1.60. The van der Waals surface area contributed by atoms with Crippen molar-refractivity contribution >= 4 is 17.5 Å². The summed E-state index contributed by atoms with van der Waals surface area (Å²) in [6.07, 6.45) is -4.55. The number of amides is 2. The van der Waals surface area contributed by atoms with E-state index in [1.807, 2.05) is 13.8 Å². The van der Waals surface area contributed by atoms with E-state index in [4.69, 9.17) is 0 Å². The lowest BCUT2D eigenvalue weighted by Crippen LogP contribution is -2.30. The van der Waals surface area contributed by atoms with Crippen LogP contribution >= 0.6 is 0 Å². The topological polar surface area (TPSA) is 58.2 Å². The van der Waals surface area contributed by atoms with Crippen LogP contribution in [-0.2, 0) is 16.1 Å². The molecule has 116 valence electrons. The van der Waals surface area contributed by atoms with Crippen molar-refractivity contribution < 1.29 is 22.8 Å². The van der Waals surface area contributed by atoms with E-state index in [-0.39, 0.29) is 24.1 Å². The molecule has 1 aromatic carbocycles. The molecule has 0 spiro atoms. The Labute approximate surface area is 120 Å². The van der Waals surface area contributed by atoms with Gasteiger partial charge < -0.3 is 10.6 Å². The van der Waals surface area contributed by atoms with E-state index in [1.165, 1.54) is 18.2 Å². The van der Waals surface area contributed by atoms with Crippen molar-refractivity contribution in [1.82, 2.24) is 5.32 Å². The van der Waals surface area contributed by atoms with Gasteiger partial charge in [-0.1, -0.05) is 26.0 Å². The number of halogens is 3. The monoisotopic (exact) mass is 302 g/mol. The van der Waals surface area contributed by atoms with Crippen LogP contribution in [0.1, 0.15) is 25.8 Å². The maximum atomic E-state index is 12.1. The second kappa shape index (κ2) is 7.10. The van der Waals surface area contributed by atoms with Crippen molar-refractivity contribution in [2.24, 2.45) is 5.92 Å². The van der Waals surface area contributed by atoms with Gasteiger partial charge in [0, 0.05) is 18.7 Å². The molecule has 1 aromatic rings. The lowest BCUT2D eigenvalue weighted by Gasteiger charge is -2.10. The second-order valence-electron chi connectivity index (χ2n) is 5.03. The minimum Gasteiger partial charge on any atom is -0.352 e. The number of anilines is 1. The third kappa shape index (κ3) is 6.29. The number of benzene rings is 1. The van der Waals surface area contributed by atoms with Crippen molar-refractivity contribution in [2.45, 2.75) is 33.0 Å². The molecule has 1 rings (SSSR count). The van der Waals surface area contributed by atoms with Crippen molar-refractivity contribution in [2.75, 3.05) is 5.32 Å². The van der Waals surface area contributed by atoms with Gasteiger partial charge in [-0.15, -0.1) is 0 Å². The Bertz CT molecular complexity index is 513. The maximum absolute atomic E-state index is 12.1. The molecule has 0 unspecified atom stereocenters. The number of alkyl halides is 3. The molecule has 2 N–H and O–H groups in total. The lowest BCUT2D eigenvalue weighted by molar-refractivity contribution is -0.167. The van der Waals surface area contributed by atoms with Crippen LogP contribution in [0.5, 0.6) is 0 Å². The Morgan fingerprint density at radius 3 is 2.48 bits per heavy atom. The Balaban J connectivity index is 2.61. The highest BCUT2D eigenvalue weighted by atomic mass is 19.4. The van der Waals surface area contributed by atoms with Crippen molar-refractivity contribution in [3.8, 4) is 0 Å². The average molecular weight is 302 g/mol. The van der Waals surface area contributed by atoms with Crippen LogP contribution in [0.4, 0.5) is 18.9 Å². The van der Waals surface area contributed by atoms with E-state index in [9.17, 15) is 22.8 Å². The summed E-state index contributed by atoms with van der Waals surface area (Å²) in [5, 5.41) is 4.43. The molecular formula is C14H17F3N2O2. The Morgan fingerprint density at radius 2 is 1.90 bits per heavy atom. The Hall–Kier alpha value is -2.05. The van der Waals surface area contributed by atoms with Gasteiger partial charge in [-0.25, -0.2) is 0 Å². The van der Waals surface area contributed by atoms with Crippen molar-refractivity contribution in [1.29, 1.82) is 0 Å². The summed E-state index contributed by atoms with van der Waals surface area (Å²) in [6.45, 7) is 4.01. The van der Waals surface area contributed by atoms with E-state index in [2.05, 4.69) is 5.32 Å². The molecule has 0 aromatic heterocycles. The third-order valence-corrected chi connectivity index (χ3v) is 2.53. The fourth-order valence-corrected chi connectivity index (χ4v) is 1.60. The summed E-state index contributed by atoms with van der Waals surface area (Å²) >= 11 is 0. The number of hydrogen-bond acceptors (Lipinski definition) is 2. The molecule has 0 aliphatic rings. The highest BCUT2D eigenvalue weighted by molar-refractivity contribution is 5.94. The first-order valence-electron chi connectivity index (χ1n) is 6.42. The van der Waals surface area contributed by atoms with Crippen LogP contribution < -0.4 is 10.6 Å². The largest absolute Gasteiger partial charge is 0.471 e. The molecule has 4 nitrogen and oxygen atoms in total. The molecule has 0 fully saturated rings. The summed E-state index contributed by atoms with van der Waals surface area (Å²) in [7, 11) is 0. The molecule has 0 radical (unpaired) electrons. The second-order valence-corrected chi connectivity index (χ2v) is 5.03. The molecule has 0 aliphatic carbocycles. The minimum absolute atomic E-state index is 0.0351. The molecule has 21 heavy (non-hydrogen) atoms. The molecule has 0 bridgehead atoms. The van der Waals surface area contributed by atoms with E-state index in [1.54, 1.807) is 11.4 Å². The summed E-state index contributed by atoms with van der Waals surface area (Å²) in [4.78, 5) is 22.3. The van der Waals surface area contributed by atoms with Crippen LogP contribution in [-0.4, -0.2) is 18.0 Å². The van der Waals surface area contributed by atoms with Gasteiger partial charge in [0.05, 0.1) is 0 Å². The number of hydrogen-bond donors (Lipinski definition) is 2. The smallest absolute Gasteiger partial charge is 0.352 e. The zero-order chi connectivity index (χ0) is 16.0. The quantitative estimate of drug-likeness (QED) is 0.878. The molecule has 0 saturated heterocycles. The van der Waals surface area contributed by atoms with E-state index >= 15 is 0 Å². The maximum Gasteiger partial charge on any atom is 0.471 e. The predicted octanol–water partition coefficient (Wildman–Crippen LogP) is 2.85. The van der Waals surface area contributed by atoms with Gasteiger partial charge in [0.15, 0.2) is 0 Å². The number of rotatable bonds is 5. The SMILES string of the molecule is CC(C)CC(=O)NCc1cccc(NC(=O)C(F)(F)F)c1. The first-order chi connectivity index (χ1) is 9.68. The van der Waals surface area contributed by atoms with Crippen molar-refractivity contribution in [3.63, 3.8) is 0 Å². The molecule has 0 saturated carbocycles. The molecular weight excluding hydrogens is 285 g/mol. The zero-order valence-corrected chi connectivity index (χ0v) is 11.8. The molecule has 2 amide bonds. The van der Waals surface area contributed by atoms with Crippen LogP contribution in [0.15, 0.2) is 24.3 Å². The van der Waals surface area contributed by atoms with Gasteiger partial charge in [0.25, 0.3) is 0 Å². The Kier molecular flexibility index (Phi) is 5.75. The number of carbonyl (C=O) groups excluding carboxylic acids is 2. The van der Waals surface area contributed by atoms with Gasteiger partial charge in [-0.05, 0) is 23.6 Å². The minimum atomic E-state index is -4.93. The van der Waals surface area contributed by atoms with Crippen LogP contribution in [0.3, 0.4) is 0 Å². The zero-order valence-electron chi connectivity index (χ0n) is 11.8. The van der Waals surface area contributed by atoms with E-state index < -0.39 is 12.1 Å². The van der Waals surface area contributed by atoms with Crippen LogP contribution in [0.25, 0.3) is 0 Å². The highest BCUT2D eigenvalue weighted by Crippen LogP contribution is 2.18. The summed E-state index contributed by atoms with van der Waals surface area (Å²) < 4.78 is 36.4. The number of carbonyl (C=O) groups is 2. The summed E-state index contributed by atoms with van der Waals surface area (Å²) in [6, 6.07) is 5.90. The van der Waals surface area contributed by atoms with E-state index in [0.717, 1.165) is 0 Å². The predicted molar refractivity (Wildman–Crippen MR) is 72.4 cm³/mol. The van der Waals surface area contributed by atoms with Gasteiger partial charge in [-0.3, -0.25) is 9.59 Å². The standard InChI is InChI=1S/C14H17F3N2O2/c1-9(2)6-12(20)18-8-10-4-3-5-11(7-10)19-13(21)14(15,16)17/h3-5,7,9H,6,8H2,1-2H3,(H,18,20)(H,19,21). The fraction of sp³-hybridized carbons (Fsp3) is 0.429. The summed E-state index contributed by atoms with van der Waals surface area (Å²) in [5.74, 6) is -1.93. The van der Waals surface area contributed by atoms with Gasteiger partial charge in [0.2, 0.25) is 5.91 Å². The normalized spacial score (nSPS) is 11.3. The molecule has 7 heteroatoms. The molecule has 0 heterocycles. The average Bonchev–Trinajstić information content (AvgIpc) is 2.35.